The third-order valence-electron chi connectivity index (χ3n) is 4.23. The highest BCUT2D eigenvalue weighted by molar-refractivity contribution is 5.89. The molecule has 34 heavy (non-hydrogen) atoms. The van der Waals surface area contributed by atoms with Gasteiger partial charge in [0.2, 0.25) is 11.2 Å². The number of amides is 1. The van der Waals surface area contributed by atoms with E-state index in [1.54, 1.807) is 20.8 Å². The Morgan fingerprint density at radius 3 is 2.32 bits per heavy atom. The molecule has 0 fully saturated rings. The van der Waals surface area contributed by atoms with E-state index in [0.717, 1.165) is 6.26 Å². The molecule has 0 unspecified atom stereocenters. The quantitative estimate of drug-likeness (QED) is 0.423. The van der Waals surface area contributed by atoms with Crippen molar-refractivity contribution in [2.24, 2.45) is 0 Å². The molecule has 0 aliphatic carbocycles. The lowest BCUT2D eigenvalue weighted by atomic mass is 10.2. The molecule has 1 amide bonds. The maximum Gasteiger partial charge on any atom is 0.408 e. The van der Waals surface area contributed by atoms with Crippen LogP contribution < -0.4 is 20.2 Å². The molecule has 1 N–H and O–H groups in total. The first-order chi connectivity index (χ1) is 16.1. The summed E-state index contributed by atoms with van der Waals surface area (Å²) in [6.07, 6.45) is 0.385. The van der Waals surface area contributed by atoms with Gasteiger partial charge in [-0.25, -0.2) is 14.4 Å². The first-order valence-electron chi connectivity index (χ1n) is 10.1. The molecule has 0 atom stereocenters. The molecule has 0 bridgehead atoms. The Bertz CT molecular complexity index is 1270. The lowest BCUT2D eigenvalue weighted by molar-refractivity contribution is -0.133. The zero-order valence-electron chi connectivity index (χ0n) is 19.0. The third kappa shape index (κ3) is 6.35. The molecule has 0 radical (unpaired) electrons. The highest BCUT2D eigenvalue weighted by Gasteiger charge is 2.17. The summed E-state index contributed by atoms with van der Waals surface area (Å²) in [6, 6.07) is 10.3. The standard InChI is InChI=1S/C24H23NO9/c1-24(2,3)34-23(29)25-12-20(26)33-16-9-10-17-18(11-16)31-13-19(21(17)27)32-15-7-5-14(6-8-15)22(28)30-4/h5-11,13H,12H2,1-4H3,(H,25,29). The van der Waals surface area contributed by atoms with Gasteiger partial charge >= 0.3 is 18.0 Å². The molecule has 0 aliphatic heterocycles. The van der Waals surface area contributed by atoms with E-state index in [-0.39, 0.29) is 22.5 Å². The van der Waals surface area contributed by atoms with Crippen LogP contribution in [0, 0.1) is 0 Å². The number of esters is 2. The predicted octanol–water partition coefficient (Wildman–Crippen LogP) is 3.80. The number of hydrogen-bond acceptors (Lipinski definition) is 9. The molecule has 1 heterocycles. The van der Waals surface area contributed by atoms with E-state index in [2.05, 4.69) is 10.1 Å². The normalized spacial score (nSPS) is 10.9. The Hall–Kier alpha value is -4.34. The molecule has 0 saturated carbocycles. The highest BCUT2D eigenvalue weighted by atomic mass is 16.6. The number of hydrogen-bond donors (Lipinski definition) is 1. The van der Waals surface area contributed by atoms with E-state index >= 15 is 0 Å². The monoisotopic (exact) mass is 469 g/mol. The van der Waals surface area contributed by atoms with Crippen LogP contribution in [0.3, 0.4) is 0 Å². The Balaban J connectivity index is 1.67. The van der Waals surface area contributed by atoms with Crippen LogP contribution in [0.15, 0.2) is 57.9 Å². The molecular weight excluding hydrogens is 446 g/mol. The average Bonchev–Trinajstić information content (AvgIpc) is 2.78. The summed E-state index contributed by atoms with van der Waals surface area (Å²) in [5.41, 5.74) is -0.630. The van der Waals surface area contributed by atoms with Gasteiger partial charge in [0.15, 0.2) is 0 Å². The van der Waals surface area contributed by atoms with Crippen molar-refractivity contribution in [3.8, 4) is 17.2 Å². The fourth-order valence-electron chi connectivity index (χ4n) is 2.75. The molecule has 10 heteroatoms. The van der Waals surface area contributed by atoms with E-state index in [1.165, 1.54) is 49.6 Å². The van der Waals surface area contributed by atoms with Crippen LogP contribution in [0.1, 0.15) is 31.1 Å². The number of carbonyl (C=O) groups is 3. The van der Waals surface area contributed by atoms with Crippen LogP contribution in [0.4, 0.5) is 4.79 Å². The van der Waals surface area contributed by atoms with Gasteiger partial charge in [-0.1, -0.05) is 0 Å². The van der Waals surface area contributed by atoms with Crippen LogP contribution in [-0.2, 0) is 14.3 Å². The minimum absolute atomic E-state index is 0.0652. The maximum absolute atomic E-state index is 12.8. The lowest BCUT2D eigenvalue weighted by Crippen LogP contribution is -2.36. The minimum Gasteiger partial charge on any atom is -0.465 e. The molecule has 178 valence electrons. The van der Waals surface area contributed by atoms with Crippen LogP contribution in [0.2, 0.25) is 0 Å². The van der Waals surface area contributed by atoms with Gasteiger partial charge in [-0.2, -0.15) is 0 Å². The number of alkyl carbamates (subject to hydrolysis) is 1. The van der Waals surface area contributed by atoms with Crippen molar-refractivity contribution in [2.75, 3.05) is 13.7 Å². The molecule has 3 rings (SSSR count). The van der Waals surface area contributed by atoms with E-state index in [0.29, 0.717) is 11.3 Å². The first kappa shape index (κ1) is 24.3. The zero-order valence-corrected chi connectivity index (χ0v) is 19.0. The number of rotatable bonds is 6. The van der Waals surface area contributed by atoms with Crippen molar-refractivity contribution in [1.82, 2.24) is 5.32 Å². The van der Waals surface area contributed by atoms with Gasteiger partial charge < -0.3 is 28.7 Å². The molecule has 3 aromatic rings. The Morgan fingerprint density at radius 1 is 1.00 bits per heavy atom. The Morgan fingerprint density at radius 2 is 1.68 bits per heavy atom. The van der Waals surface area contributed by atoms with E-state index < -0.39 is 35.6 Å². The topological polar surface area (TPSA) is 130 Å². The molecule has 0 spiro atoms. The van der Waals surface area contributed by atoms with Crippen LogP contribution in [-0.4, -0.2) is 37.3 Å². The summed E-state index contributed by atoms with van der Waals surface area (Å²) in [5.74, 6) is -0.845. The summed E-state index contributed by atoms with van der Waals surface area (Å²) in [5, 5.41) is 2.50. The SMILES string of the molecule is COC(=O)c1ccc(Oc2coc3cc(OC(=O)CNC(=O)OC(C)(C)C)ccc3c2=O)cc1. The van der Waals surface area contributed by atoms with Gasteiger partial charge in [0.25, 0.3) is 0 Å². The van der Waals surface area contributed by atoms with E-state index in [9.17, 15) is 19.2 Å². The second-order valence-electron chi connectivity index (χ2n) is 8.03. The number of ether oxygens (including phenoxy) is 4. The first-order valence-corrected chi connectivity index (χ1v) is 10.1. The van der Waals surface area contributed by atoms with Gasteiger partial charge in [0.05, 0.1) is 18.1 Å². The zero-order chi connectivity index (χ0) is 24.9. The van der Waals surface area contributed by atoms with E-state index in [4.69, 9.17) is 18.6 Å². The number of benzene rings is 2. The van der Waals surface area contributed by atoms with Gasteiger partial charge in [0.1, 0.15) is 35.5 Å². The Labute approximate surface area is 194 Å². The average molecular weight is 469 g/mol. The second-order valence-corrected chi connectivity index (χ2v) is 8.03. The maximum atomic E-state index is 12.8. The molecular formula is C24H23NO9. The molecule has 2 aromatic carbocycles. The van der Waals surface area contributed by atoms with Crippen molar-refractivity contribution in [2.45, 2.75) is 26.4 Å². The largest absolute Gasteiger partial charge is 0.465 e. The van der Waals surface area contributed by atoms with Crippen molar-refractivity contribution in [3.05, 3.63) is 64.5 Å². The molecule has 0 saturated heterocycles. The third-order valence-corrected chi connectivity index (χ3v) is 4.23. The summed E-state index contributed by atoms with van der Waals surface area (Å²) in [4.78, 5) is 47.9. The van der Waals surface area contributed by atoms with Crippen LogP contribution in [0.5, 0.6) is 17.2 Å². The van der Waals surface area contributed by atoms with Crippen molar-refractivity contribution in [1.29, 1.82) is 0 Å². The van der Waals surface area contributed by atoms with Crippen LogP contribution in [0.25, 0.3) is 11.0 Å². The summed E-state index contributed by atoms with van der Waals surface area (Å²) >= 11 is 0. The number of fused-ring (bicyclic) bond motifs is 1. The number of methoxy groups -OCH3 is 1. The number of nitrogens with one attached hydrogen (secondary N) is 1. The lowest BCUT2D eigenvalue weighted by Gasteiger charge is -2.19. The summed E-state index contributed by atoms with van der Waals surface area (Å²) in [7, 11) is 1.28. The fourth-order valence-corrected chi connectivity index (χ4v) is 2.75. The molecule has 10 nitrogen and oxygen atoms in total. The van der Waals surface area contributed by atoms with Crippen LogP contribution >= 0.6 is 0 Å². The molecule has 1 aromatic heterocycles. The number of carbonyl (C=O) groups excluding carboxylic acids is 3. The van der Waals surface area contributed by atoms with Crippen molar-refractivity contribution < 1.29 is 37.7 Å². The predicted molar refractivity (Wildman–Crippen MR) is 120 cm³/mol. The molecule has 0 aliphatic rings. The Kier molecular flexibility index (Phi) is 7.20. The smallest absolute Gasteiger partial charge is 0.408 e. The minimum atomic E-state index is -0.749. The van der Waals surface area contributed by atoms with Crippen molar-refractivity contribution in [3.63, 3.8) is 0 Å². The summed E-state index contributed by atoms with van der Waals surface area (Å²) in [6.45, 7) is 4.69. The van der Waals surface area contributed by atoms with E-state index in [1.807, 2.05) is 0 Å². The van der Waals surface area contributed by atoms with Crippen molar-refractivity contribution >= 4 is 29.0 Å². The second kappa shape index (κ2) is 10.1. The summed E-state index contributed by atoms with van der Waals surface area (Å²) < 4.78 is 25.9. The van der Waals surface area contributed by atoms with Gasteiger partial charge in [0, 0.05) is 6.07 Å². The van der Waals surface area contributed by atoms with Gasteiger partial charge in [-0.05, 0) is 57.2 Å². The van der Waals surface area contributed by atoms with Gasteiger partial charge in [-0.3, -0.25) is 4.79 Å². The highest BCUT2D eigenvalue weighted by Crippen LogP contribution is 2.24. The fraction of sp³-hybridized carbons (Fsp3) is 0.250. The van der Waals surface area contributed by atoms with Gasteiger partial charge in [-0.15, -0.1) is 0 Å².